The van der Waals surface area contributed by atoms with Gasteiger partial charge in [-0.2, -0.15) is 0 Å². The van der Waals surface area contributed by atoms with Gasteiger partial charge in [0.05, 0.1) is 12.6 Å². The van der Waals surface area contributed by atoms with Gasteiger partial charge in [0.2, 0.25) is 0 Å². The van der Waals surface area contributed by atoms with Gasteiger partial charge in [0.25, 0.3) is 0 Å². The van der Waals surface area contributed by atoms with Gasteiger partial charge in [-0.05, 0) is 93.4 Å². The minimum Gasteiger partial charge on any atom is -0.497 e. The molecule has 36 heavy (non-hydrogen) atoms. The van der Waals surface area contributed by atoms with Crippen LogP contribution in [0.3, 0.4) is 0 Å². The summed E-state index contributed by atoms with van der Waals surface area (Å²) in [5, 5.41) is 0. The molecule has 2 amide bonds. The first kappa shape index (κ1) is 25.1. The summed E-state index contributed by atoms with van der Waals surface area (Å²) in [4.78, 5) is 20.5. The highest BCUT2D eigenvalue weighted by molar-refractivity contribution is 5.78. The molecule has 194 valence electrons. The maximum atomic E-state index is 14.2. The van der Waals surface area contributed by atoms with Crippen LogP contribution in [0, 0.1) is 11.2 Å². The topological polar surface area (TPSA) is 36.0 Å². The summed E-state index contributed by atoms with van der Waals surface area (Å²) in [5.41, 5.74) is 1.99. The second-order valence-electron chi connectivity index (χ2n) is 11.9. The second kappa shape index (κ2) is 9.37. The lowest BCUT2D eigenvalue weighted by molar-refractivity contribution is -0.000447. The molecule has 1 spiro atoms. The molecule has 1 heterocycles. The normalized spacial score (nSPS) is 27.6. The number of amides is 2. The molecule has 5 rings (SSSR count). The van der Waals surface area contributed by atoms with E-state index in [0.717, 1.165) is 55.6 Å². The van der Waals surface area contributed by atoms with Crippen molar-refractivity contribution in [3.8, 4) is 5.75 Å². The van der Waals surface area contributed by atoms with Crippen molar-refractivity contribution >= 4 is 6.03 Å². The van der Waals surface area contributed by atoms with Gasteiger partial charge in [-0.15, -0.1) is 0 Å². The van der Waals surface area contributed by atoms with Crippen LogP contribution in [0.25, 0.3) is 0 Å². The molecule has 0 atom stereocenters. The number of carbonyl (C=O) groups excluding carboxylic acids is 1. The number of benzene rings is 2. The van der Waals surface area contributed by atoms with E-state index >= 15 is 0 Å². The van der Waals surface area contributed by atoms with E-state index in [-0.39, 0.29) is 28.3 Å². The SMILES string of the molecule is COc1ccc(CN2CC3(CCC(c4cccc(F)c4)(N(C)C)CC3)N(CC3(C)CCC3)C2=O)cc1. The Labute approximate surface area is 215 Å². The molecule has 0 bridgehead atoms. The van der Waals surface area contributed by atoms with Crippen LogP contribution in [-0.2, 0) is 12.1 Å². The van der Waals surface area contributed by atoms with Crippen LogP contribution in [0.1, 0.15) is 63.0 Å². The van der Waals surface area contributed by atoms with Gasteiger partial charge in [-0.1, -0.05) is 37.6 Å². The van der Waals surface area contributed by atoms with Crippen molar-refractivity contribution in [2.45, 2.75) is 69.5 Å². The number of urea groups is 1. The monoisotopic (exact) mass is 493 g/mol. The Bertz CT molecular complexity index is 1090. The fraction of sp³-hybridized carbons (Fsp3) is 0.567. The van der Waals surface area contributed by atoms with Crippen molar-refractivity contribution in [3.05, 3.63) is 65.5 Å². The fourth-order valence-corrected chi connectivity index (χ4v) is 6.84. The first-order valence-corrected chi connectivity index (χ1v) is 13.3. The van der Waals surface area contributed by atoms with E-state index < -0.39 is 0 Å². The Morgan fingerprint density at radius 3 is 2.25 bits per heavy atom. The predicted molar refractivity (Wildman–Crippen MR) is 140 cm³/mol. The molecule has 0 unspecified atom stereocenters. The minimum atomic E-state index is -0.216. The van der Waals surface area contributed by atoms with Gasteiger partial charge >= 0.3 is 6.03 Å². The van der Waals surface area contributed by atoms with Crippen LogP contribution in [0.4, 0.5) is 9.18 Å². The van der Waals surface area contributed by atoms with Crippen molar-refractivity contribution in [2.75, 3.05) is 34.3 Å². The number of methoxy groups -OCH3 is 1. The number of ether oxygens (including phenoxy) is 1. The number of carbonyl (C=O) groups is 1. The Balaban J connectivity index is 1.41. The highest BCUT2D eigenvalue weighted by Crippen LogP contribution is 2.51. The lowest BCUT2D eigenvalue weighted by atomic mass is 9.66. The number of rotatable bonds is 7. The summed E-state index contributed by atoms with van der Waals surface area (Å²) in [5.74, 6) is 0.641. The van der Waals surface area contributed by atoms with Crippen LogP contribution < -0.4 is 4.74 Å². The first-order valence-electron chi connectivity index (χ1n) is 13.3. The highest BCUT2D eigenvalue weighted by atomic mass is 19.1. The lowest BCUT2D eigenvalue weighted by Crippen LogP contribution is -2.57. The van der Waals surface area contributed by atoms with Crippen molar-refractivity contribution in [1.29, 1.82) is 0 Å². The van der Waals surface area contributed by atoms with E-state index in [0.29, 0.717) is 6.54 Å². The van der Waals surface area contributed by atoms with Crippen LogP contribution in [0.5, 0.6) is 5.75 Å². The minimum absolute atomic E-state index is 0.169. The van der Waals surface area contributed by atoms with Crippen molar-refractivity contribution in [2.24, 2.45) is 5.41 Å². The Morgan fingerprint density at radius 2 is 1.69 bits per heavy atom. The molecular formula is C30H40FN3O2. The zero-order valence-electron chi connectivity index (χ0n) is 22.2. The summed E-state index contributed by atoms with van der Waals surface area (Å²) >= 11 is 0. The Kier molecular flexibility index (Phi) is 6.52. The van der Waals surface area contributed by atoms with E-state index in [1.807, 2.05) is 18.2 Å². The van der Waals surface area contributed by atoms with Gasteiger partial charge < -0.3 is 14.5 Å². The van der Waals surface area contributed by atoms with Gasteiger partial charge in [0.15, 0.2) is 0 Å². The largest absolute Gasteiger partial charge is 0.497 e. The summed E-state index contributed by atoms with van der Waals surface area (Å²) in [6.45, 7) is 4.53. The summed E-state index contributed by atoms with van der Waals surface area (Å²) in [6, 6.07) is 15.3. The molecular weight excluding hydrogens is 453 g/mol. The van der Waals surface area contributed by atoms with Crippen LogP contribution in [0.15, 0.2) is 48.5 Å². The van der Waals surface area contributed by atoms with E-state index in [1.54, 1.807) is 13.2 Å². The quantitative estimate of drug-likeness (QED) is 0.472. The summed E-state index contributed by atoms with van der Waals surface area (Å²) in [6.07, 6.45) is 7.28. The number of halogens is 1. The van der Waals surface area contributed by atoms with Crippen molar-refractivity contribution < 1.29 is 13.9 Å². The van der Waals surface area contributed by atoms with Gasteiger partial charge in [0.1, 0.15) is 11.6 Å². The molecule has 2 aromatic rings. The van der Waals surface area contributed by atoms with Crippen LogP contribution >= 0.6 is 0 Å². The first-order chi connectivity index (χ1) is 17.2. The van der Waals surface area contributed by atoms with E-state index in [4.69, 9.17) is 4.74 Å². The average molecular weight is 494 g/mol. The Morgan fingerprint density at radius 1 is 1.00 bits per heavy atom. The Hall–Kier alpha value is -2.60. The summed E-state index contributed by atoms with van der Waals surface area (Å²) < 4.78 is 19.5. The van der Waals surface area contributed by atoms with Crippen LogP contribution in [-0.4, -0.2) is 60.6 Å². The number of hydrogen-bond donors (Lipinski definition) is 0. The molecule has 2 aromatic carbocycles. The second-order valence-corrected chi connectivity index (χ2v) is 11.9. The molecule has 2 saturated carbocycles. The molecule has 1 saturated heterocycles. The molecule has 0 radical (unpaired) electrons. The smallest absolute Gasteiger partial charge is 0.320 e. The number of hydrogen-bond acceptors (Lipinski definition) is 3. The standard InChI is InChI=1S/C30H40FN3O2/c1-28(13-6-14-28)21-34-27(35)33(20-23-9-11-26(36-4)12-10-23)22-29(34)15-17-30(18-16-29,32(2)3)24-7-5-8-25(31)19-24/h5,7-12,19H,6,13-18,20-22H2,1-4H3. The van der Waals surface area contributed by atoms with Gasteiger partial charge in [-0.25, -0.2) is 9.18 Å². The van der Waals surface area contributed by atoms with Crippen molar-refractivity contribution in [1.82, 2.24) is 14.7 Å². The third-order valence-electron chi connectivity index (χ3n) is 9.42. The zero-order valence-corrected chi connectivity index (χ0v) is 22.2. The zero-order chi connectivity index (χ0) is 25.6. The molecule has 0 aromatic heterocycles. The van der Waals surface area contributed by atoms with E-state index in [2.05, 4.69) is 53.9 Å². The number of nitrogens with zero attached hydrogens (tertiary/aromatic N) is 3. The third-order valence-corrected chi connectivity index (χ3v) is 9.42. The maximum absolute atomic E-state index is 14.2. The van der Waals surface area contributed by atoms with Crippen molar-refractivity contribution in [3.63, 3.8) is 0 Å². The fourth-order valence-electron chi connectivity index (χ4n) is 6.84. The maximum Gasteiger partial charge on any atom is 0.320 e. The highest BCUT2D eigenvalue weighted by Gasteiger charge is 2.56. The third kappa shape index (κ3) is 4.38. The molecule has 2 aliphatic carbocycles. The van der Waals surface area contributed by atoms with Crippen LogP contribution in [0.2, 0.25) is 0 Å². The predicted octanol–water partition coefficient (Wildman–Crippen LogP) is 6.03. The lowest BCUT2D eigenvalue weighted by Gasteiger charge is -2.53. The van der Waals surface area contributed by atoms with Gasteiger partial charge in [-0.3, -0.25) is 4.90 Å². The van der Waals surface area contributed by atoms with Gasteiger partial charge in [0, 0.05) is 25.2 Å². The molecule has 3 fully saturated rings. The molecule has 6 heteroatoms. The molecule has 3 aliphatic rings. The molecule has 5 nitrogen and oxygen atoms in total. The molecule has 0 N–H and O–H groups in total. The van der Waals surface area contributed by atoms with E-state index in [9.17, 15) is 9.18 Å². The average Bonchev–Trinajstić information content (AvgIpc) is 3.09. The van der Waals surface area contributed by atoms with E-state index in [1.165, 1.54) is 25.3 Å². The molecule has 1 aliphatic heterocycles. The summed E-state index contributed by atoms with van der Waals surface area (Å²) in [7, 11) is 5.88.